The highest BCUT2D eigenvalue weighted by molar-refractivity contribution is 6.32. The van der Waals surface area contributed by atoms with Gasteiger partial charge in [0.25, 0.3) is 0 Å². The van der Waals surface area contributed by atoms with Crippen LogP contribution in [-0.2, 0) is 15.7 Å². The van der Waals surface area contributed by atoms with Crippen molar-refractivity contribution in [3.05, 3.63) is 34.2 Å². The lowest BCUT2D eigenvalue weighted by molar-refractivity contribution is -0.136. The Morgan fingerprint density at radius 3 is 2.83 bits per heavy atom. The molecular weight excluding hydrogens is 337 g/mol. The minimum absolute atomic E-state index is 0.152. The molecule has 5 nitrogen and oxygen atoms in total. The summed E-state index contributed by atoms with van der Waals surface area (Å²) < 4.78 is 50.9. The number of hydrogen-bond donors (Lipinski definition) is 0. The number of pyridine rings is 1. The summed E-state index contributed by atoms with van der Waals surface area (Å²) in [5.41, 5.74) is -1.28. The molecule has 2 aromatic heterocycles. The second-order valence-electron chi connectivity index (χ2n) is 5.18. The van der Waals surface area contributed by atoms with Gasteiger partial charge < -0.3 is 9.47 Å². The minimum Gasteiger partial charge on any atom is -0.464 e. The number of hydrogen-bond acceptors (Lipinski definition) is 4. The molecule has 0 spiro atoms. The van der Waals surface area contributed by atoms with Gasteiger partial charge in [-0.25, -0.2) is 9.78 Å². The molecule has 0 amide bonds. The van der Waals surface area contributed by atoms with Crippen molar-refractivity contribution in [1.29, 1.82) is 0 Å². The number of aromatic nitrogens is 2. The van der Waals surface area contributed by atoms with Crippen molar-refractivity contribution in [2.24, 2.45) is 0 Å². The van der Waals surface area contributed by atoms with E-state index in [0.29, 0.717) is 25.2 Å². The number of esters is 1. The number of imidazole rings is 1. The number of rotatable bonds is 2. The SMILES string of the molecule is COC(=O)c1nc2c(C(F)(F)F)cc(C3CCOC3)cn2c1Cl. The van der Waals surface area contributed by atoms with Crippen molar-refractivity contribution in [2.45, 2.75) is 18.5 Å². The molecule has 0 radical (unpaired) electrons. The fraction of sp³-hybridized carbons (Fsp3) is 0.429. The standard InChI is InChI=1S/C14H12ClF3N2O3/c1-22-13(21)10-11(15)20-5-8(7-2-3-23-6-7)4-9(12(20)19-10)14(16,17)18/h4-5,7H,2-3,6H2,1H3. The first kappa shape index (κ1) is 16.1. The lowest BCUT2D eigenvalue weighted by atomic mass is 9.99. The Hall–Kier alpha value is -1.80. The summed E-state index contributed by atoms with van der Waals surface area (Å²) in [6, 6.07) is 1.04. The van der Waals surface area contributed by atoms with Gasteiger partial charge in [-0.3, -0.25) is 4.40 Å². The third kappa shape index (κ3) is 2.76. The van der Waals surface area contributed by atoms with E-state index in [9.17, 15) is 18.0 Å². The summed E-state index contributed by atoms with van der Waals surface area (Å²) >= 11 is 6.03. The molecule has 2 aromatic rings. The van der Waals surface area contributed by atoms with Crippen molar-refractivity contribution in [3.63, 3.8) is 0 Å². The molecule has 1 aliphatic heterocycles. The van der Waals surface area contributed by atoms with Crippen molar-refractivity contribution in [1.82, 2.24) is 9.38 Å². The molecule has 9 heteroatoms. The molecule has 3 rings (SSSR count). The van der Waals surface area contributed by atoms with E-state index in [1.165, 1.54) is 6.20 Å². The predicted octanol–water partition coefficient (Wildman–Crippen LogP) is 3.30. The van der Waals surface area contributed by atoms with Crippen molar-refractivity contribution in [2.75, 3.05) is 20.3 Å². The molecule has 124 valence electrons. The number of fused-ring (bicyclic) bond motifs is 1. The van der Waals surface area contributed by atoms with Crippen LogP contribution in [0, 0.1) is 0 Å². The fourth-order valence-corrected chi connectivity index (χ4v) is 2.84. The van der Waals surface area contributed by atoms with Gasteiger partial charge in [-0.15, -0.1) is 0 Å². The molecule has 0 aromatic carbocycles. The largest absolute Gasteiger partial charge is 0.464 e. The molecule has 1 unspecified atom stereocenters. The van der Waals surface area contributed by atoms with Crippen LogP contribution in [0.2, 0.25) is 5.15 Å². The van der Waals surface area contributed by atoms with Gasteiger partial charge in [0.15, 0.2) is 11.3 Å². The maximum Gasteiger partial charge on any atom is 0.419 e. The topological polar surface area (TPSA) is 52.8 Å². The second-order valence-corrected chi connectivity index (χ2v) is 5.54. The minimum atomic E-state index is -4.63. The first-order valence-electron chi connectivity index (χ1n) is 6.77. The molecular formula is C14H12ClF3N2O3. The fourth-order valence-electron chi connectivity index (χ4n) is 2.59. The molecule has 0 N–H and O–H groups in total. The van der Waals surface area contributed by atoms with Gasteiger partial charge in [-0.2, -0.15) is 13.2 Å². The average molecular weight is 349 g/mol. The number of carbonyl (C=O) groups is 1. The van der Waals surface area contributed by atoms with E-state index in [0.717, 1.165) is 17.6 Å². The van der Waals surface area contributed by atoms with E-state index in [2.05, 4.69) is 9.72 Å². The Kier molecular flexibility index (Phi) is 3.97. The van der Waals surface area contributed by atoms with Crippen LogP contribution in [0.25, 0.3) is 5.65 Å². The lowest BCUT2D eigenvalue weighted by Gasteiger charge is -2.14. The van der Waals surface area contributed by atoms with Crippen LogP contribution in [0.4, 0.5) is 13.2 Å². The molecule has 0 aliphatic carbocycles. The number of alkyl halides is 3. The van der Waals surface area contributed by atoms with Gasteiger partial charge in [0, 0.05) is 18.7 Å². The number of ether oxygens (including phenoxy) is 2. The van der Waals surface area contributed by atoms with E-state index in [1.807, 2.05) is 0 Å². The summed E-state index contributed by atoms with van der Waals surface area (Å²) in [6.45, 7) is 0.841. The van der Waals surface area contributed by atoms with E-state index < -0.39 is 23.4 Å². The van der Waals surface area contributed by atoms with E-state index in [1.54, 1.807) is 0 Å². The number of nitrogens with zero attached hydrogens (tertiary/aromatic N) is 2. The highest BCUT2D eigenvalue weighted by Gasteiger charge is 2.37. The van der Waals surface area contributed by atoms with Crippen LogP contribution in [0.3, 0.4) is 0 Å². The molecule has 3 heterocycles. The van der Waals surface area contributed by atoms with Crippen molar-refractivity contribution in [3.8, 4) is 0 Å². The Balaban J connectivity index is 2.26. The zero-order chi connectivity index (χ0) is 16.8. The average Bonchev–Trinajstić information content (AvgIpc) is 3.13. The quantitative estimate of drug-likeness (QED) is 0.781. The molecule has 1 fully saturated rings. The smallest absolute Gasteiger partial charge is 0.419 e. The maximum absolute atomic E-state index is 13.4. The van der Waals surface area contributed by atoms with Crippen LogP contribution in [0.5, 0.6) is 0 Å². The Labute approximate surface area is 134 Å². The van der Waals surface area contributed by atoms with Gasteiger partial charge >= 0.3 is 12.1 Å². The Morgan fingerprint density at radius 1 is 1.52 bits per heavy atom. The van der Waals surface area contributed by atoms with Gasteiger partial charge in [-0.05, 0) is 18.1 Å². The van der Waals surface area contributed by atoms with E-state index in [4.69, 9.17) is 16.3 Å². The van der Waals surface area contributed by atoms with Gasteiger partial charge in [0.1, 0.15) is 5.15 Å². The zero-order valence-corrected chi connectivity index (χ0v) is 12.7. The highest BCUT2D eigenvalue weighted by Crippen LogP contribution is 2.37. The van der Waals surface area contributed by atoms with Crippen LogP contribution in [-0.4, -0.2) is 35.7 Å². The van der Waals surface area contributed by atoms with Crippen LogP contribution >= 0.6 is 11.6 Å². The van der Waals surface area contributed by atoms with Crippen molar-refractivity contribution >= 4 is 23.2 Å². The van der Waals surface area contributed by atoms with Gasteiger partial charge in [0.2, 0.25) is 0 Å². The Bertz CT molecular complexity index is 767. The zero-order valence-electron chi connectivity index (χ0n) is 12.0. The van der Waals surface area contributed by atoms with Crippen LogP contribution in [0.1, 0.15) is 34.0 Å². The number of carbonyl (C=O) groups excluding carboxylic acids is 1. The normalized spacial score (nSPS) is 18.6. The lowest BCUT2D eigenvalue weighted by Crippen LogP contribution is -2.11. The monoisotopic (exact) mass is 348 g/mol. The molecule has 0 saturated carbocycles. The molecule has 1 atom stereocenters. The highest BCUT2D eigenvalue weighted by atomic mass is 35.5. The van der Waals surface area contributed by atoms with Crippen molar-refractivity contribution < 1.29 is 27.4 Å². The molecule has 1 saturated heterocycles. The van der Waals surface area contributed by atoms with Gasteiger partial charge in [0.05, 0.1) is 19.3 Å². The molecule has 0 bridgehead atoms. The summed E-state index contributed by atoms with van der Waals surface area (Å²) in [4.78, 5) is 15.3. The first-order valence-corrected chi connectivity index (χ1v) is 7.15. The summed E-state index contributed by atoms with van der Waals surface area (Å²) in [5.74, 6) is -1.04. The second kappa shape index (κ2) is 5.68. The predicted molar refractivity (Wildman–Crippen MR) is 74.7 cm³/mol. The first-order chi connectivity index (χ1) is 10.8. The van der Waals surface area contributed by atoms with Gasteiger partial charge in [-0.1, -0.05) is 11.6 Å². The maximum atomic E-state index is 13.4. The third-order valence-electron chi connectivity index (χ3n) is 3.77. The summed E-state index contributed by atoms with van der Waals surface area (Å²) in [6.07, 6.45) is -2.54. The number of halogens is 4. The third-order valence-corrected chi connectivity index (χ3v) is 4.13. The summed E-state index contributed by atoms with van der Waals surface area (Å²) in [5, 5.41) is -0.210. The summed E-state index contributed by atoms with van der Waals surface area (Å²) in [7, 11) is 1.11. The van der Waals surface area contributed by atoms with Crippen LogP contribution < -0.4 is 0 Å². The Morgan fingerprint density at radius 2 is 2.26 bits per heavy atom. The van der Waals surface area contributed by atoms with E-state index in [-0.39, 0.29) is 16.8 Å². The van der Waals surface area contributed by atoms with E-state index >= 15 is 0 Å². The number of methoxy groups -OCH3 is 1. The molecule has 1 aliphatic rings. The molecule has 23 heavy (non-hydrogen) atoms. The van der Waals surface area contributed by atoms with Crippen LogP contribution in [0.15, 0.2) is 12.3 Å².